The largest absolute Gasteiger partial charge is 0.493 e. The van der Waals surface area contributed by atoms with Gasteiger partial charge in [0.1, 0.15) is 5.82 Å². The molecule has 0 spiro atoms. The maximum absolute atomic E-state index is 12.3. The molecule has 2 aromatic rings. The van der Waals surface area contributed by atoms with Crippen LogP contribution in [0.3, 0.4) is 0 Å². The first-order chi connectivity index (χ1) is 9.05. The molecule has 2 rings (SSSR count). The summed E-state index contributed by atoms with van der Waals surface area (Å²) >= 11 is 0. The Hall–Kier alpha value is -2.18. The molecule has 0 radical (unpaired) electrons. The number of aryl methyl sites for hydroxylation is 1. The molecule has 19 heavy (non-hydrogen) atoms. The summed E-state index contributed by atoms with van der Waals surface area (Å²) in [5, 5.41) is 0.260. The van der Waals surface area contributed by atoms with Crippen LogP contribution in [0, 0.1) is 0 Å². The Labute approximate surface area is 107 Å². The van der Waals surface area contributed by atoms with Crippen LogP contribution in [0.5, 0.6) is 11.5 Å². The SMILES string of the molecule is CCc1nc2cc(OC(F)F)c(OC)cc2c(=O)[nH]1. The van der Waals surface area contributed by atoms with Crippen molar-refractivity contribution in [1.82, 2.24) is 9.97 Å². The van der Waals surface area contributed by atoms with E-state index in [1.165, 1.54) is 19.2 Å². The molecule has 102 valence electrons. The number of hydrogen-bond donors (Lipinski definition) is 1. The van der Waals surface area contributed by atoms with Crippen molar-refractivity contribution in [2.75, 3.05) is 7.11 Å². The highest BCUT2D eigenvalue weighted by molar-refractivity contribution is 5.81. The third-order valence-corrected chi connectivity index (χ3v) is 2.59. The first-order valence-corrected chi connectivity index (χ1v) is 5.61. The van der Waals surface area contributed by atoms with Gasteiger partial charge in [0.05, 0.1) is 18.0 Å². The number of nitrogens with one attached hydrogen (secondary N) is 1. The van der Waals surface area contributed by atoms with Gasteiger partial charge in [-0.15, -0.1) is 0 Å². The minimum absolute atomic E-state index is 0.0596. The van der Waals surface area contributed by atoms with E-state index in [2.05, 4.69) is 14.7 Å². The molecular weight excluding hydrogens is 258 g/mol. The van der Waals surface area contributed by atoms with E-state index in [4.69, 9.17) is 4.74 Å². The van der Waals surface area contributed by atoms with Crippen molar-refractivity contribution in [3.8, 4) is 11.5 Å². The van der Waals surface area contributed by atoms with E-state index >= 15 is 0 Å². The molecule has 1 aromatic carbocycles. The second kappa shape index (κ2) is 5.21. The van der Waals surface area contributed by atoms with Gasteiger partial charge in [0.25, 0.3) is 5.56 Å². The maximum Gasteiger partial charge on any atom is 0.387 e. The number of fused-ring (bicyclic) bond motifs is 1. The molecule has 0 aliphatic heterocycles. The topological polar surface area (TPSA) is 64.2 Å². The lowest BCUT2D eigenvalue weighted by molar-refractivity contribution is -0.0511. The standard InChI is InChI=1S/C12H12F2N2O3/c1-3-10-15-7-5-9(19-12(13)14)8(18-2)4-6(7)11(17)16-10/h4-5,12H,3H2,1-2H3,(H,15,16,17). The highest BCUT2D eigenvalue weighted by Crippen LogP contribution is 2.31. The van der Waals surface area contributed by atoms with Crippen LogP contribution in [0.25, 0.3) is 10.9 Å². The average Bonchev–Trinajstić information content (AvgIpc) is 2.37. The molecule has 0 fully saturated rings. The van der Waals surface area contributed by atoms with Crippen molar-refractivity contribution in [3.63, 3.8) is 0 Å². The summed E-state index contributed by atoms with van der Waals surface area (Å²) in [6.07, 6.45) is 0.530. The van der Waals surface area contributed by atoms with Gasteiger partial charge in [-0.25, -0.2) is 4.98 Å². The van der Waals surface area contributed by atoms with E-state index in [0.29, 0.717) is 12.2 Å². The molecule has 0 saturated heterocycles. The minimum Gasteiger partial charge on any atom is -0.493 e. The lowest BCUT2D eigenvalue weighted by Crippen LogP contribution is -2.12. The Kier molecular flexibility index (Phi) is 3.64. The van der Waals surface area contributed by atoms with E-state index < -0.39 is 6.61 Å². The third-order valence-electron chi connectivity index (χ3n) is 2.59. The molecule has 1 N–H and O–H groups in total. The number of alkyl halides is 2. The zero-order chi connectivity index (χ0) is 14.0. The highest BCUT2D eigenvalue weighted by atomic mass is 19.3. The van der Waals surface area contributed by atoms with Gasteiger partial charge in [-0.3, -0.25) is 4.79 Å². The van der Waals surface area contributed by atoms with E-state index in [9.17, 15) is 13.6 Å². The quantitative estimate of drug-likeness (QED) is 0.924. The molecule has 0 unspecified atom stereocenters. The number of halogens is 2. The van der Waals surface area contributed by atoms with Crippen LogP contribution in [0.1, 0.15) is 12.7 Å². The summed E-state index contributed by atoms with van der Waals surface area (Å²) in [6, 6.07) is 2.60. The van der Waals surface area contributed by atoms with Crippen LogP contribution < -0.4 is 15.0 Å². The monoisotopic (exact) mass is 270 g/mol. The van der Waals surface area contributed by atoms with Gasteiger partial charge < -0.3 is 14.5 Å². The van der Waals surface area contributed by atoms with Gasteiger partial charge in [0.15, 0.2) is 11.5 Å². The zero-order valence-corrected chi connectivity index (χ0v) is 10.4. The van der Waals surface area contributed by atoms with Gasteiger partial charge in [0.2, 0.25) is 0 Å². The van der Waals surface area contributed by atoms with Crippen molar-refractivity contribution in [1.29, 1.82) is 0 Å². The second-order valence-corrected chi connectivity index (χ2v) is 3.76. The highest BCUT2D eigenvalue weighted by Gasteiger charge is 2.14. The van der Waals surface area contributed by atoms with Crippen molar-refractivity contribution in [2.24, 2.45) is 0 Å². The van der Waals surface area contributed by atoms with Crippen LogP contribution in [0.2, 0.25) is 0 Å². The Morgan fingerprint density at radius 1 is 1.37 bits per heavy atom. The summed E-state index contributed by atoms with van der Waals surface area (Å²) in [6.45, 7) is -1.15. The first-order valence-electron chi connectivity index (χ1n) is 5.61. The molecule has 0 saturated carbocycles. The average molecular weight is 270 g/mol. The number of benzene rings is 1. The fraction of sp³-hybridized carbons (Fsp3) is 0.333. The van der Waals surface area contributed by atoms with Crippen molar-refractivity contribution >= 4 is 10.9 Å². The Balaban J connectivity index is 2.67. The molecule has 0 aliphatic rings. The first kappa shape index (κ1) is 13.3. The van der Waals surface area contributed by atoms with Crippen LogP contribution in [0.15, 0.2) is 16.9 Å². The maximum atomic E-state index is 12.3. The fourth-order valence-corrected chi connectivity index (χ4v) is 1.71. The van der Waals surface area contributed by atoms with E-state index in [1.807, 2.05) is 6.92 Å². The minimum atomic E-state index is -2.97. The third kappa shape index (κ3) is 2.64. The number of rotatable bonds is 4. The number of ether oxygens (including phenoxy) is 2. The van der Waals surface area contributed by atoms with Crippen molar-refractivity contribution in [3.05, 3.63) is 28.3 Å². The number of aromatic amines is 1. The summed E-state index contributed by atoms with van der Waals surface area (Å²) in [7, 11) is 1.31. The summed E-state index contributed by atoms with van der Waals surface area (Å²) < 4.78 is 33.9. The molecule has 0 aliphatic carbocycles. The van der Waals surface area contributed by atoms with Crippen LogP contribution >= 0.6 is 0 Å². The van der Waals surface area contributed by atoms with Gasteiger partial charge in [-0.05, 0) is 6.07 Å². The smallest absolute Gasteiger partial charge is 0.387 e. The predicted molar refractivity (Wildman–Crippen MR) is 64.9 cm³/mol. The molecule has 7 heteroatoms. The number of aromatic nitrogens is 2. The van der Waals surface area contributed by atoms with E-state index in [1.54, 1.807) is 0 Å². The Bertz CT molecular complexity index is 655. The van der Waals surface area contributed by atoms with Crippen LogP contribution in [0.4, 0.5) is 8.78 Å². The second-order valence-electron chi connectivity index (χ2n) is 3.76. The summed E-state index contributed by atoms with van der Waals surface area (Å²) in [5.41, 5.74) is -0.0548. The number of H-pyrrole nitrogens is 1. The molecule has 1 heterocycles. The van der Waals surface area contributed by atoms with E-state index in [-0.39, 0.29) is 28.0 Å². The van der Waals surface area contributed by atoms with Crippen molar-refractivity contribution < 1.29 is 18.3 Å². The summed E-state index contributed by atoms with van der Waals surface area (Å²) in [5.74, 6) is 0.389. The normalized spacial score (nSPS) is 11.0. The molecule has 0 bridgehead atoms. The summed E-state index contributed by atoms with van der Waals surface area (Å²) in [4.78, 5) is 18.6. The predicted octanol–water partition coefficient (Wildman–Crippen LogP) is 2.10. The van der Waals surface area contributed by atoms with Gasteiger partial charge >= 0.3 is 6.61 Å². The van der Waals surface area contributed by atoms with Crippen molar-refractivity contribution in [2.45, 2.75) is 20.0 Å². The lowest BCUT2D eigenvalue weighted by atomic mass is 10.2. The van der Waals surface area contributed by atoms with Crippen LogP contribution in [-0.2, 0) is 6.42 Å². The van der Waals surface area contributed by atoms with Gasteiger partial charge in [0, 0.05) is 12.5 Å². The Morgan fingerprint density at radius 3 is 2.68 bits per heavy atom. The molecular formula is C12H12F2N2O3. The molecule has 1 aromatic heterocycles. The number of nitrogens with zero attached hydrogens (tertiary/aromatic N) is 1. The van der Waals surface area contributed by atoms with Gasteiger partial charge in [-0.2, -0.15) is 8.78 Å². The number of methoxy groups -OCH3 is 1. The lowest BCUT2D eigenvalue weighted by Gasteiger charge is -2.10. The van der Waals surface area contributed by atoms with Gasteiger partial charge in [-0.1, -0.05) is 6.92 Å². The van der Waals surface area contributed by atoms with E-state index in [0.717, 1.165) is 0 Å². The molecule has 5 nitrogen and oxygen atoms in total. The Morgan fingerprint density at radius 2 is 2.11 bits per heavy atom. The van der Waals surface area contributed by atoms with Crippen LogP contribution in [-0.4, -0.2) is 23.7 Å². The molecule has 0 atom stereocenters. The fourth-order valence-electron chi connectivity index (χ4n) is 1.71. The zero-order valence-electron chi connectivity index (χ0n) is 10.4. The molecule has 0 amide bonds. The number of hydrogen-bond acceptors (Lipinski definition) is 4.